The fraction of sp³-hybridized carbons (Fsp3) is 0.727. The third-order valence-corrected chi connectivity index (χ3v) is 4.39. The molecular formula is C11H19O4P. The minimum atomic E-state index is -3.59. The zero-order valence-corrected chi connectivity index (χ0v) is 10.8. The Morgan fingerprint density at radius 1 is 1.31 bits per heavy atom. The van der Waals surface area contributed by atoms with Crippen LogP contribution in [0, 0.1) is 0 Å². The number of allylic oxidation sites excluding steroid dienone is 2. The number of hydrogen-bond donors (Lipinski definition) is 0. The normalized spacial score (nSPS) is 17.0. The van der Waals surface area contributed by atoms with Crippen LogP contribution in [0.1, 0.15) is 39.5 Å². The van der Waals surface area contributed by atoms with Gasteiger partial charge in [-0.05, 0) is 39.5 Å². The largest absolute Gasteiger partial charge is 0.401 e. The van der Waals surface area contributed by atoms with Gasteiger partial charge in [0.05, 0.1) is 13.2 Å². The SMILES string of the molecule is CCOP(=O)(OCC)C(=O)C1=CCCCC1. The minimum absolute atomic E-state index is 0.219. The fourth-order valence-electron chi connectivity index (χ4n) is 1.70. The maximum atomic E-state index is 12.2. The van der Waals surface area contributed by atoms with Crippen molar-refractivity contribution in [3.05, 3.63) is 11.6 Å². The Hall–Kier alpha value is -0.440. The van der Waals surface area contributed by atoms with Gasteiger partial charge in [0.2, 0.25) is 0 Å². The summed E-state index contributed by atoms with van der Waals surface area (Å²) in [6.45, 7) is 3.84. The van der Waals surface area contributed by atoms with Gasteiger partial charge in [-0.15, -0.1) is 0 Å². The van der Waals surface area contributed by atoms with Gasteiger partial charge in [-0.25, -0.2) is 0 Å². The summed E-state index contributed by atoms with van der Waals surface area (Å²) in [5.74, 6) is 0. The summed E-state index contributed by atoms with van der Waals surface area (Å²) < 4.78 is 22.2. The molecule has 0 radical (unpaired) electrons. The van der Waals surface area contributed by atoms with Crippen molar-refractivity contribution in [2.75, 3.05) is 13.2 Å². The lowest BCUT2D eigenvalue weighted by molar-refractivity contribution is -0.111. The monoisotopic (exact) mass is 246 g/mol. The van der Waals surface area contributed by atoms with E-state index in [9.17, 15) is 9.36 Å². The van der Waals surface area contributed by atoms with Crippen LogP contribution in [0.2, 0.25) is 0 Å². The van der Waals surface area contributed by atoms with Crippen LogP contribution in [0.4, 0.5) is 0 Å². The summed E-state index contributed by atoms with van der Waals surface area (Å²) in [5, 5.41) is 0. The molecule has 0 bridgehead atoms. The Balaban J connectivity index is 2.81. The van der Waals surface area contributed by atoms with Gasteiger partial charge in [0.15, 0.2) is 0 Å². The van der Waals surface area contributed by atoms with Gasteiger partial charge < -0.3 is 9.05 Å². The molecule has 0 N–H and O–H groups in total. The fourth-order valence-corrected chi connectivity index (χ4v) is 3.25. The lowest BCUT2D eigenvalue weighted by Gasteiger charge is -2.18. The highest BCUT2D eigenvalue weighted by Crippen LogP contribution is 2.51. The second kappa shape index (κ2) is 6.33. The van der Waals surface area contributed by atoms with Crippen molar-refractivity contribution in [2.24, 2.45) is 0 Å². The van der Waals surface area contributed by atoms with E-state index in [2.05, 4.69) is 0 Å². The predicted octanol–water partition coefficient (Wildman–Crippen LogP) is 3.28. The lowest BCUT2D eigenvalue weighted by Crippen LogP contribution is -2.11. The summed E-state index contributed by atoms with van der Waals surface area (Å²) >= 11 is 0. The van der Waals surface area contributed by atoms with Gasteiger partial charge in [0.25, 0.3) is 5.52 Å². The first kappa shape index (κ1) is 13.6. The van der Waals surface area contributed by atoms with E-state index in [1.807, 2.05) is 6.08 Å². The second-order valence-electron chi connectivity index (χ2n) is 3.61. The quantitative estimate of drug-likeness (QED) is 0.675. The molecule has 0 fully saturated rings. The summed E-state index contributed by atoms with van der Waals surface area (Å²) in [4.78, 5) is 12.0. The molecule has 1 aliphatic rings. The Morgan fingerprint density at radius 3 is 2.38 bits per heavy atom. The van der Waals surface area contributed by atoms with Crippen LogP contribution in [0.25, 0.3) is 0 Å². The Morgan fingerprint density at radius 2 is 1.94 bits per heavy atom. The first-order chi connectivity index (χ1) is 7.64. The molecule has 0 aromatic carbocycles. The smallest absolute Gasteiger partial charge is 0.303 e. The molecule has 0 aliphatic heterocycles. The van der Waals surface area contributed by atoms with Crippen molar-refractivity contribution in [2.45, 2.75) is 39.5 Å². The molecule has 1 rings (SSSR count). The van der Waals surface area contributed by atoms with E-state index in [-0.39, 0.29) is 13.2 Å². The molecule has 0 spiro atoms. The van der Waals surface area contributed by atoms with Crippen LogP contribution in [-0.4, -0.2) is 18.7 Å². The Labute approximate surface area is 96.5 Å². The Bertz CT molecular complexity index is 312. The molecule has 92 valence electrons. The van der Waals surface area contributed by atoms with Crippen molar-refractivity contribution in [3.8, 4) is 0 Å². The highest BCUT2D eigenvalue weighted by Gasteiger charge is 2.36. The van der Waals surface area contributed by atoms with E-state index in [1.54, 1.807) is 13.8 Å². The van der Waals surface area contributed by atoms with E-state index >= 15 is 0 Å². The first-order valence-electron chi connectivity index (χ1n) is 5.77. The van der Waals surface area contributed by atoms with Crippen molar-refractivity contribution < 1.29 is 18.4 Å². The second-order valence-corrected chi connectivity index (χ2v) is 5.53. The van der Waals surface area contributed by atoms with Crippen LogP contribution >= 0.6 is 7.60 Å². The van der Waals surface area contributed by atoms with E-state index in [1.165, 1.54) is 0 Å². The van der Waals surface area contributed by atoms with Gasteiger partial charge in [0, 0.05) is 5.57 Å². The van der Waals surface area contributed by atoms with Crippen LogP contribution in [0.5, 0.6) is 0 Å². The van der Waals surface area contributed by atoms with Gasteiger partial charge in [0.1, 0.15) is 0 Å². The van der Waals surface area contributed by atoms with Crippen molar-refractivity contribution in [1.82, 2.24) is 0 Å². The van der Waals surface area contributed by atoms with E-state index in [4.69, 9.17) is 9.05 Å². The molecule has 16 heavy (non-hydrogen) atoms. The predicted molar refractivity (Wildman–Crippen MR) is 62.4 cm³/mol. The minimum Gasteiger partial charge on any atom is -0.303 e. The van der Waals surface area contributed by atoms with E-state index in [0.717, 1.165) is 19.3 Å². The van der Waals surface area contributed by atoms with Crippen LogP contribution in [0.15, 0.2) is 11.6 Å². The standard InChI is InChI=1S/C11H19O4P/c1-3-14-16(13,15-4-2)11(12)10-8-6-5-7-9-10/h8H,3-7,9H2,1-2H3. The molecule has 0 amide bonds. The summed E-state index contributed by atoms with van der Waals surface area (Å²) in [6.07, 6.45) is 5.47. The zero-order chi connectivity index (χ0) is 12.0. The molecule has 0 atom stereocenters. The third-order valence-electron chi connectivity index (χ3n) is 2.41. The molecule has 0 unspecified atom stereocenters. The molecule has 0 heterocycles. The lowest BCUT2D eigenvalue weighted by atomic mass is 10.0. The van der Waals surface area contributed by atoms with E-state index < -0.39 is 13.1 Å². The molecule has 0 saturated heterocycles. The topological polar surface area (TPSA) is 52.6 Å². The number of carbonyl (C=O) groups excluding carboxylic acids is 1. The highest BCUT2D eigenvalue weighted by molar-refractivity contribution is 7.72. The van der Waals surface area contributed by atoms with Crippen molar-refractivity contribution in [3.63, 3.8) is 0 Å². The molecule has 1 aliphatic carbocycles. The van der Waals surface area contributed by atoms with Crippen LogP contribution in [0.3, 0.4) is 0 Å². The number of rotatable bonds is 6. The summed E-state index contributed by atoms with van der Waals surface area (Å²) in [7, 11) is -3.59. The van der Waals surface area contributed by atoms with Gasteiger partial charge in [-0.1, -0.05) is 6.08 Å². The third kappa shape index (κ3) is 3.27. The first-order valence-corrected chi connectivity index (χ1v) is 7.31. The maximum Gasteiger partial charge on any atom is 0.401 e. The van der Waals surface area contributed by atoms with Crippen molar-refractivity contribution >= 4 is 13.1 Å². The summed E-state index contributed by atoms with van der Waals surface area (Å²) in [6, 6.07) is 0. The molecular weight excluding hydrogens is 227 g/mol. The zero-order valence-electron chi connectivity index (χ0n) is 9.90. The van der Waals surface area contributed by atoms with Gasteiger partial charge in [-0.3, -0.25) is 9.36 Å². The van der Waals surface area contributed by atoms with Crippen LogP contribution in [-0.2, 0) is 18.4 Å². The summed E-state index contributed by atoms with van der Waals surface area (Å²) in [5.41, 5.74) is 0.160. The molecule has 0 saturated carbocycles. The maximum absolute atomic E-state index is 12.2. The van der Waals surface area contributed by atoms with Crippen molar-refractivity contribution in [1.29, 1.82) is 0 Å². The van der Waals surface area contributed by atoms with Crippen LogP contribution < -0.4 is 0 Å². The van der Waals surface area contributed by atoms with E-state index in [0.29, 0.717) is 12.0 Å². The highest BCUT2D eigenvalue weighted by atomic mass is 31.2. The van der Waals surface area contributed by atoms with Gasteiger partial charge in [-0.2, -0.15) is 0 Å². The average molecular weight is 246 g/mol. The molecule has 0 aromatic rings. The molecule has 0 aromatic heterocycles. The van der Waals surface area contributed by atoms with Gasteiger partial charge >= 0.3 is 7.60 Å². The number of hydrogen-bond acceptors (Lipinski definition) is 4. The molecule has 4 nitrogen and oxygen atoms in total. The number of carbonyl (C=O) groups is 1. The average Bonchev–Trinajstić information content (AvgIpc) is 2.30. The molecule has 5 heteroatoms. The Kier molecular flexibility index (Phi) is 5.39.